The van der Waals surface area contributed by atoms with Crippen LogP contribution in [0.4, 0.5) is 0 Å². The highest BCUT2D eigenvalue weighted by Crippen LogP contribution is 2.29. The normalized spacial score (nSPS) is 12.0. The molecule has 0 fully saturated rings. The number of imidazole rings is 1. The number of nitrogens with one attached hydrogen (secondary N) is 1. The van der Waals surface area contributed by atoms with E-state index in [0.717, 1.165) is 4.57 Å². The number of carbonyl (C=O) groups is 1. The van der Waals surface area contributed by atoms with E-state index >= 15 is 0 Å². The fourth-order valence-corrected chi connectivity index (χ4v) is 3.22. The summed E-state index contributed by atoms with van der Waals surface area (Å²) in [6.45, 7) is 1.36. The quantitative estimate of drug-likeness (QED) is 0.637. The van der Waals surface area contributed by atoms with Gasteiger partial charge in [0.2, 0.25) is 5.91 Å². The Kier molecular flexibility index (Phi) is 5.44. The first-order valence-corrected chi connectivity index (χ1v) is 8.90. The molecule has 0 aliphatic carbocycles. The monoisotopic (exact) mass is 401 g/mol. The molecule has 3 aromatic rings. The van der Waals surface area contributed by atoms with E-state index in [1.54, 1.807) is 39.3 Å². The number of ether oxygens (including phenoxy) is 2. The van der Waals surface area contributed by atoms with Gasteiger partial charge in [-0.15, -0.1) is 0 Å². The standard InChI is InChI=1S/C19H23N5O5/c1-11(13-8-12(28-4)6-7-14(13)29-5)21-15(25)9-24-18(26)16-17(20-10-22(16)2)23(3)19(24)27/h6-8,10-11H,9H2,1-5H3,(H,21,25)/t11-/m1/s1. The minimum atomic E-state index is -0.608. The number of hydrogen-bond acceptors (Lipinski definition) is 6. The summed E-state index contributed by atoms with van der Waals surface area (Å²) in [5, 5.41) is 2.80. The van der Waals surface area contributed by atoms with Gasteiger partial charge in [0.15, 0.2) is 11.2 Å². The third kappa shape index (κ3) is 3.60. The van der Waals surface area contributed by atoms with Gasteiger partial charge >= 0.3 is 5.69 Å². The van der Waals surface area contributed by atoms with Crippen molar-refractivity contribution in [2.45, 2.75) is 19.5 Å². The van der Waals surface area contributed by atoms with Crippen molar-refractivity contribution < 1.29 is 14.3 Å². The molecule has 3 rings (SSSR count). The van der Waals surface area contributed by atoms with Crippen LogP contribution in [0.25, 0.3) is 11.2 Å². The maximum absolute atomic E-state index is 12.7. The lowest BCUT2D eigenvalue weighted by Crippen LogP contribution is -2.43. The fourth-order valence-electron chi connectivity index (χ4n) is 3.22. The maximum atomic E-state index is 12.7. The smallest absolute Gasteiger partial charge is 0.332 e. The molecule has 0 bridgehead atoms. The summed E-state index contributed by atoms with van der Waals surface area (Å²) in [4.78, 5) is 42.0. The highest BCUT2D eigenvalue weighted by Gasteiger charge is 2.19. The molecule has 1 atom stereocenters. The summed E-state index contributed by atoms with van der Waals surface area (Å²) < 4.78 is 14.2. The Hall–Kier alpha value is -3.56. The minimum absolute atomic E-state index is 0.252. The first kappa shape index (κ1) is 20.2. The van der Waals surface area contributed by atoms with Gasteiger partial charge in [-0.25, -0.2) is 14.3 Å². The molecule has 2 heterocycles. The largest absolute Gasteiger partial charge is 0.497 e. The van der Waals surface area contributed by atoms with Crippen LogP contribution in [0.2, 0.25) is 0 Å². The van der Waals surface area contributed by atoms with Crippen molar-refractivity contribution in [3.05, 3.63) is 50.9 Å². The van der Waals surface area contributed by atoms with Crippen molar-refractivity contribution in [2.75, 3.05) is 14.2 Å². The Labute approximate surface area is 166 Å². The summed E-state index contributed by atoms with van der Waals surface area (Å²) >= 11 is 0. The molecule has 1 amide bonds. The molecule has 10 heteroatoms. The molecule has 29 heavy (non-hydrogen) atoms. The fraction of sp³-hybridized carbons (Fsp3) is 0.368. The molecular weight excluding hydrogens is 378 g/mol. The first-order valence-electron chi connectivity index (χ1n) is 8.90. The van der Waals surface area contributed by atoms with Gasteiger partial charge in [-0.3, -0.25) is 14.2 Å². The van der Waals surface area contributed by atoms with Crippen LogP contribution < -0.4 is 26.0 Å². The minimum Gasteiger partial charge on any atom is -0.497 e. The van der Waals surface area contributed by atoms with Crippen LogP contribution in [0.5, 0.6) is 11.5 Å². The lowest BCUT2D eigenvalue weighted by molar-refractivity contribution is -0.122. The zero-order valence-electron chi connectivity index (χ0n) is 16.9. The summed E-state index contributed by atoms with van der Waals surface area (Å²) in [5.74, 6) is 0.722. The van der Waals surface area contributed by atoms with E-state index in [0.29, 0.717) is 17.1 Å². The highest BCUT2D eigenvalue weighted by atomic mass is 16.5. The van der Waals surface area contributed by atoms with Gasteiger partial charge in [0.05, 0.1) is 26.6 Å². The number of aromatic nitrogens is 4. The van der Waals surface area contributed by atoms with Crippen molar-refractivity contribution in [1.29, 1.82) is 0 Å². The molecule has 0 aliphatic heterocycles. The highest BCUT2D eigenvalue weighted by molar-refractivity contribution is 5.77. The molecule has 2 aromatic heterocycles. The van der Waals surface area contributed by atoms with Crippen LogP contribution in [0, 0.1) is 0 Å². The third-order valence-corrected chi connectivity index (χ3v) is 4.78. The van der Waals surface area contributed by atoms with E-state index < -0.39 is 29.7 Å². The Morgan fingerprint density at radius 3 is 2.59 bits per heavy atom. The number of aryl methyl sites for hydroxylation is 2. The Bertz CT molecular complexity index is 1190. The number of amides is 1. The molecular formula is C19H23N5O5. The summed E-state index contributed by atoms with van der Waals surface area (Å²) in [5.41, 5.74) is 0.0615. The van der Waals surface area contributed by atoms with Gasteiger partial charge in [-0.05, 0) is 25.1 Å². The lowest BCUT2D eigenvalue weighted by atomic mass is 10.1. The second-order valence-corrected chi connectivity index (χ2v) is 6.66. The zero-order valence-corrected chi connectivity index (χ0v) is 16.9. The number of rotatable bonds is 6. The number of methoxy groups -OCH3 is 2. The van der Waals surface area contributed by atoms with Crippen LogP contribution in [-0.4, -0.2) is 38.8 Å². The molecule has 0 radical (unpaired) electrons. The molecule has 10 nitrogen and oxygen atoms in total. The number of benzene rings is 1. The van der Waals surface area contributed by atoms with Crippen LogP contribution >= 0.6 is 0 Å². The second-order valence-electron chi connectivity index (χ2n) is 6.66. The van der Waals surface area contributed by atoms with Gasteiger partial charge in [0.25, 0.3) is 5.56 Å². The van der Waals surface area contributed by atoms with Crippen LogP contribution in [0.3, 0.4) is 0 Å². The van der Waals surface area contributed by atoms with Gasteiger partial charge < -0.3 is 19.4 Å². The SMILES string of the molecule is COc1ccc(OC)c([C@@H](C)NC(=O)Cn2c(=O)c3c(ncn3C)n(C)c2=O)c1. The summed E-state index contributed by atoms with van der Waals surface area (Å²) in [6, 6.07) is 4.82. The Balaban J connectivity index is 1.90. The van der Waals surface area contributed by atoms with Crippen molar-refractivity contribution in [3.8, 4) is 11.5 Å². The van der Waals surface area contributed by atoms with Gasteiger partial charge in [0, 0.05) is 19.7 Å². The van der Waals surface area contributed by atoms with E-state index in [1.165, 1.54) is 29.6 Å². The molecule has 0 saturated carbocycles. The van der Waals surface area contributed by atoms with Crippen LogP contribution in [0.1, 0.15) is 18.5 Å². The van der Waals surface area contributed by atoms with Crippen LogP contribution in [-0.2, 0) is 25.4 Å². The number of hydrogen-bond donors (Lipinski definition) is 1. The van der Waals surface area contributed by atoms with Crippen molar-refractivity contribution in [1.82, 2.24) is 24.0 Å². The van der Waals surface area contributed by atoms with E-state index in [1.807, 2.05) is 0 Å². The van der Waals surface area contributed by atoms with E-state index in [9.17, 15) is 14.4 Å². The average Bonchev–Trinajstić information content (AvgIpc) is 3.10. The van der Waals surface area contributed by atoms with Crippen molar-refractivity contribution in [2.24, 2.45) is 14.1 Å². The van der Waals surface area contributed by atoms with Crippen molar-refractivity contribution >= 4 is 17.1 Å². The van der Waals surface area contributed by atoms with Crippen molar-refractivity contribution in [3.63, 3.8) is 0 Å². The average molecular weight is 401 g/mol. The van der Waals surface area contributed by atoms with Crippen LogP contribution in [0.15, 0.2) is 34.1 Å². The maximum Gasteiger partial charge on any atom is 0.332 e. The molecule has 0 saturated heterocycles. The zero-order chi connectivity index (χ0) is 21.3. The summed E-state index contributed by atoms with van der Waals surface area (Å²) in [7, 11) is 6.25. The molecule has 0 spiro atoms. The molecule has 0 aliphatic rings. The first-order chi connectivity index (χ1) is 13.8. The van der Waals surface area contributed by atoms with Gasteiger partial charge in [-0.1, -0.05) is 0 Å². The summed E-state index contributed by atoms with van der Waals surface area (Å²) in [6.07, 6.45) is 1.45. The van der Waals surface area contributed by atoms with E-state index in [2.05, 4.69) is 10.3 Å². The van der Waals surface area contributed by atoms with E-state index in [-0.39, 0.29) is 11.2 Å². The van der Waals surface area contributed by atoms with Gasteiger partial charge in [0.1, 0.15) is 18.0 Å². The van der Waals surface area contributed by atoms with Gasteiger partial charge in [-0.2, -0.15) is 0 Å². The third-order valence-electron chi connectivity index (χ3n) is 4.78. The Morgan fingerprint density at radius 2 is 1.93 bits per heavy atom. The predicted molar refractivity (Wildman–Crippen MR) is 106 cm³/mol. The number of nitrogens with zero attached hydrogens (tertiary/aromatic N) is 4. The lowest BCUT2D eigenvalue weighted by Gasteiger charge is -2.18. The molecule has 1 aromatic carbocycles. The molecule has 0 unspecified atom stereocenters. The second kappa shape index (κ2) is 7.82. The number of carbonyl (C=O) groups excluding carboxylic acids is 1. The molecule has 1 N–H and O–H groups in total. The Morgan fingerprint density at radius 1 is 1.21 bits per heavy atom. The number of fused-ring (bicyclic) bond motifs is 1. The topological polar surface area (TPSA) is 109 Å². The molecule has 154 valence electrons. The van der Waals surface area contributed by atoms with E-state index in [4.69, 9.17) is 9.47 Å². The predicted octanol–water partition coefficient (Wildman–Crippen LogP) is 0.328.